The third-order valence-electron chi connectivity index (χ3n) is 5.10. The highest BCUT2D eigenvalue weighted by molar-refractivity contribution is 6.36. The Labute approximate surface area is 201 Å². The number of imidazole rings is 1. The first kappa shape index (κ1) is 23.4. The van der Waals surface area contributed by atoms with Gasteiger partial charge in [-0.25, -0.2) is 23.7 Å². The molecule has 1 aromatic heterocycles. The van der Waals surface area contributed by atoms with Gasteiger partial charge >= 0.3 is 0 Å². The van der Waals surface area contributed by atoms with Gasteiger partial charge in [-0.05, 0) is 38.1 Å². The monoisotopic (exact) mass is 481 g/mol. The molecule has 2 aromatic carbocycles. The highest BCUT2D eigenvalue weighted by Crippen LogP contribution is 2.31. The lowest BCUT2D eigenvalue weighted by molar-refractivity contribution is 0.409. The van der Waals surface area contributed by atoms with Crippen molar-refractivity contribution in [1.82, 2.24) is 9.55 Å². The highest BCUT2D eigenvalue weighted by atomic mass is 35.5. The minimum Gasteiger partial charge on any atom is -0.494 e. The summed E-state index contributed by atoms with van der Waals surface area (Å²) in [7, 11) is 1.47. The van der Waals surface area contributed by atoms with Gasteiger partial charge in [-0.15, -0.1) is 0 Å². The average Bonchev–Trinajstić information content (AvgIpc) is 3.24. The Balaban J connectivity index is 1.68. The van der Waals surface area contributed by atoms with E-state index in [0.717, 1.165) is 5.69 Å². The van der Waals surface area contributed by atoms with Gasteiger partial charge in [0.1, 0.15) is 17.3 Å². The number of anilines is 1. The van der Waals surface area contributed by atoms with Crippen LogP contribution >= 0.6 is 11.6 Å². The van der Waals surface area contributed by atoms with Crippen molar-refractivity contribution in [1.29, 1.82) is 0 Å². The van der Waals surface area contributed by atoms with E-state index in [1.165, 1.54) is 31.6 Å². The van der Waals surface area contributed by atoms with Crippen LogP contribution in [0.1, 0.15) is 18.2 Å². The smallest absolute Gasteiger partial charge is 0.223 e. The number of aromatic nitrogens is 2. The van der Waals surface area contributed by atoms with Crippen molar-refractivity contribution in [3.63, 3.8) is 0 Å². The van der Waals surface area contributed by atoms with Crippen molar-refractivity contribution in [3.05, 3.63) is 89.0 Å². The fourth-order valence-electron chi connectivity index (χ4n) is 3.52. The summed E-state index contributed by atoms with van der Waals surface area (Å²) in [6.07, 6.45) is 8.77. The van der Waals surface area contributed by atoms with E-state index in [9.17, 15) is 4.39 Å². The maximum Gasteiger partial charge on any atom is 0.223 e. The second-order valence-electron chi connectivity index (χ2n) is 7.55. The molecule has 0 fully saturated rings. The second kappa shape index (κ2) is 10.0. The lowest BCUT2D eigenvalue weighted by atomic mass is 10.0. The number of halogens is 3. The molecule has 34 heavy (non-hydrogen) atoms. The molecule has 4 rings (SSSR count). The van der Waals surface area contributed by atoms with Gasteiger partial charge < -0.3 is 14.6 Å². The summed E-state index contributed by atoms with van der Waals surface area (Å²) in [4.78, 5) is 13.2. The van der Waals surface area contributed by atoms with E-state index in [-0.39, 0.29) is 16.7 Å². The van der Waals surface area contributed by atoms with Crippen LogP contribution in [0.25, 0.3) is 11.3 Å². The molecule has 0 amide bonds. The summed E-state index contributed by atoms with van der Waals surface area (Å²) in [6, 6.07) is 7.22. The zero-order valence-electron chi connectivity index (χ0n) is 18.8. The standard InChI is InChI=1S/C25H22ClF2N5O/c1-15-13-33(14-30-15)24-22(28)11-18(12-23(24)34-3)32-25-29-9-5-4-6-19(16(2)31-25)20-8-7-17(27)10-21(20)26/h4-8,10-14H,9H2,1-3H3,(H,29,32)/b5-4-,19-6-,31-16?. The lowest BCUT2D eigenvalue weighted by Crippen LogP contribution is -2.14. The number of nitrogens with zero attached hydrogens (tertiary/aromatic N) is 4. The maximum atomic E-state index is 15.1. The van der Waals surface area contributed by atoms with Gasteiger partial charge in [0.25, 0.3) is 0 Å². The van der Waals surface area contributed by atoms with Gasteiger partial charge in [-0.2, -0.15) is 0 Å². The maximum absolute atomic E-state index is 15.1. The molecule has 2 heterocycles. The second-order valence-corrected chi connectivity index (χ2v) is 7.96. The third-order valence-corrected chi connectivity index (χ3v) is 5.42. The van der Waals surface area contributed by atoms with Gasteiger partial charge in [-0.3, -0.25) is 0 Å². The molecule has 0 aliphatic carbocycles. The number of nitrogens with one attached hydrogen (secondary N) is 1. The predicted octanol–water partition coefficient (Wildman–Crippen LogP) is 6.00. The molecule has 9 heteroatoms. The molecule has 0 bridgehead atoms. The molecule has 0 radical (unpaired) electrons. The first-order valence-electron chi connectivity index (χ1n) is 10.4. The lowest BCUT2D eigenvalue weighted by Gasteiger charge is -2.14. The summed E-state index contributed by atoms with van der Waals surface area (Å²) < 4.78 is 35.6. The summed E-state index contributed by atoms with van der Waals surface area (Å²) in [5.74, 6) is -0.317. The van der Waals surface area contributed by atoms with E-state index in [1.54, 1.807) is 29.8 Å². The average molecular weight is 482 g/mol. The molecular formula is C25H22ClF2N5O. The number of methoxy groups -OCH3 is 1. The van der Waals surface area contributed by atoms with E-state index in [2.05, 4.69) is 20.3 Å². The zero-order chi connectivity index (χ0) is 24.2. The Morgan fingerprint density at radius 3 is 2.68 bits per heavy atom. The van der Waals surface area contributed by atoms with Crippen LogP contribution in [0.15, 0.2) is 71.1 Å². The first-order chi connectivity index (χ1) is 16.4. The van der Waals surface area contributed by atoms with E-state index in [0.29, 0.717) is 34.8 Å². The van der Waals surface area contributed by atoms with E-state index < -0.39 is 11.6 Å². The number of rotatable bonds is 4. The van der Waals surface area contributed by atoms with Gasteiger partial charge in [0.2, 0.25) is 5.96 Å². The molecule has 1 aliphatic rings. The van der Waals surface area contributed by atoms with Gasteiger partial charge in [-0.1, -0.05) is 29.8 Å². The van der Waals surface area contributed by atoms with Crippen LogP contribution in [-0.2, 0) is 0 Å². The van der Waals surface area contributed by atoms with Crippen molar-refractivity contribution in [3.8, 4) is 11.4 Å². The SMILES string of the molecule is COc1cc(NC2=NC/C=C\C=C(/c3ccc(F)cc3Cl)C(C)=N2)cc(F)c1-n1cnc(C)c1. The molecule has 6 nitrogen and oxygen atoms in total. The van der Waals surface area contributed by atoms with Crippen molar-refractivity contribution >= 4 is 34.5 Å². The van der Waals surface area contributed by atoms with Crippen molar-refractivity contribution < 1.29 is 13.5 Å². The van der Waals surface area contributed by atoms with Crippen LogP contribution in [0.4, 0.5) is 14.5 Å². The number of allylic oxidation sites excluding steroid dienone is 3. The predicted molar refractivity (Wildman–Crippen MR) is 132 cm³/mol. The number of ether oxygens (including phenoxy) is 1. The molecular weight excluding hydrogens is 460 g/mol. The summed E-state index contributed by atoms with van der Waals surface area (Å²) in [5, 5.41) is 3.34. The zero-order valence-corrected chi connectivity index (χ0v) is 19.6. The quantitative estimate of drug-likeness (QED) is 0.497. The normalized spacial score (nSPS) is 16.4. The van der Waals surface area contributed by atoms with Gasteiger partial charge in [0.05, 0.1) is 30.7 Å². The van der Waals surface area contributed by atoms with Crippen LogP contribution in [0, 0.1) is 18.6 Å². The molecule has 0 saturated carbocycles. The molecule has 0 atom stereocenters. The molecule has 0 saturated heterocycles. The van der Waals surface area contributed by atoms with Crippen molar-refractivity contribution in [2.24, 2.45) is 9.98 Å². The molecule has 3 aromatic rings. The Bertz CT molecular complexity index is 1360. The van der Waals surface area contributed by atoms with Crippen molar-refractivity contribution in [2.45, 2.75) is 13.8 Å². The fourth-order valence-corrected chi connectivity index (χ4v) is 3.79. The Kier molecular flexibility index (Phi) is 6.88. The highest BCUT2D eigenvalue weighted by Gasteiger charge is 2.16. The van der Waals surface area contributed by atoms with Crippen LogP contribution in [0.3, 0.4) is 0 Å². The summed E-state index contributed by atoms with van der Waals surface area (Å²) in [5.41, 5.74) is 3.38. The minimum absolute atomic E-state index is 0.254. The van der Waals surface area contributed by atoms with Crippen molar-refractivity contribution in [2.75, 3.05) is 19.0 Å². The Morgan fingerprint density at radius 2 is 1.97 bits per heavy atom. The van der Waals surface area contributed by atoms with E-state index in [4.69, 9.17) is 16.3 Å². The first-order valence-corrected chi connectivity index (χ1v) is 10.8. The number of aryl methyl sites for hydroxylation is 1. The number of aliphatic imine (C=N–C) groups is 2. The molecule has 1 aliphatic heterocycles. The number of hydrogen-bond acceptors (Lipinski definition) is 5. The summed E-state index contributed by atoms with van der Waals surface area (Å²) >= 11 is 6.28. The van der Waals surface area contributed by atoms with Gasteiger partial charge in [0, 0.05) is 34.8 Å². The Hall–Kier alpha value is -3.78. The summed E-state index contributed by atoms with van der Waals surface area (Å²) in [6.45, 7) is 3.97. The fraction of sp³-hybridized carbons (Fsp3) is 0.160. The van der Waals surface area contributed by atoms with Crippen LogP contribution in [-0.4, -0.2) is 34.9 Å². The largest absolute Gasteiger partial charge is 0.494 e. The molecule has 1 N–H and O–H groups in total. The van der Waals surface area contributed by atoms with Crippen LogP contribution < -0.4 is 10.1 Å². The Morgan fingerprint density at radius 1 is 1.15 bits per heavy atom. The van der Waals surface area contributed by atoms with Crippen LogP contribution in [0.2, 0.25) is 5.02 Å². The molecule has 174 valence electrons. The van der Waals surface area contributed by atoms with Crippen LogP contribution in [0.5, 0.6) is 5.75 Å². The topological polar surface area (TPSA) is 63.8 Å². The minimum atomic E-state index is -0.498. The molecule has 0 unspecified atom stereocenters. The van der Waals surface area contributed by atoms with E-state index in [1.807, 2.05) is 25.2 Å². The van der Waals surface area contributed by atoms with E-state index >= 15 is 4.39 Å². The number of guanidine groups is 1. The van der Waals surface area contributed by atoms with Gasteiger partial charge in [0.15, 0.2) is 5.82 Å². The number of hydrogen-bond donors (Lipinski definition) is 1. The number of benzene rings is 2. The third kappa shape index (κ3) is 5.07. The molecule has 0 spiro atoms.